The van der Waals surface area contributed by atoms with Gasteiger partial charge in [-0.2, -0.15) is 5.10 Å². The molecule has 0 amide bonds. The van der Waals surface area contributed by atoms with Crippen molar-refractivity contribution in [2.75, 3.05) is 0 Å². The number of nitrogens with one attached hydrogen (secondary N) is 2. The van der Waals surface area contributed by atoms with E-state index in [1.165, 1.54) is 0 Å². The predicted octanol–water partition coefficient (Wildman–Crippen LogP) is 1.97. The van der Waals surface area contributed by atoms with Crippen LogP contribution in [-0.4, -0.2) is 15.3 Å². The van der Waals surface area contributed by atoms with Crippen LogP contribution in [0.15, 0.2) is 36.7 Å². The zero-order valence-electron chi connectivity index (χ0n) is 9.14. The maximum atomic E-state index is 9.15. The molecule has 2 aromatic rings. The van der Waals surface area contributed by atoms with Crippen molar-refractivity contribution in [1.82, 2.24) is 15.5 Å². The van der Waals surface area contributed by atoms with Crippen LogP contribution in [0.1, 0.15) is 24.1 Å². The van der Waals surface area contributed by atoms with E-state index in [9.17, 15) is 0 Å². The second-order valence-electron chi connectivity index (χ2n) is 3.80. The van der Waals surface area contributed by atoms with Gasteiger partial charge in [0.15, 0.2) is 0 Å². The zero-order chi connectivity index (χ0) is 11.4. The fourth-order valence-corrected chi connectivity index (χ4v) is 1.50. The summed E-state index contributed by atoms with van der Waals surface area (Å²) in [7, 11) is 0. The maximum absolute atomic E-state index is 9.15. The molecule has 0 radical (unpaired) electrons. The normalized spacial score (nSPS) is 12.6. The molecule has 0 aliphatic heterocycles. The van der Waals surface area contributed by atoms with E-state index in [0.29, 0.717) is 5.75 Å². The Hall–Kier alpha value is -1.81. The highest BCUT2D eigenvalue weighted by Crippen LogP contribution is 2.12. The van der Waals surface area contributed by atoms with Crippen molar-refractivity contribution in [3.05, 3.63) is 47.8 Å². The predicted molar refractivity (Wildman–Crippen MR) is 61.9 cm³/mol. The molecule has 4 heteroatoms. The maximum Gasteiger partial charge on any atom is 0.115 e. The topological polar surface area (TPSA) is 60.9 Å². The number of aromatic nitrogens is 2. The number of phenols is 1. The summed E-state index contributed by atoms with van der Waals surface area (Å²) in [4.78, 5) is 0. The van der Waals surface area contributed by atoms with Crippen LogP contribution < -0.4 is 5.32 Å². The molecule has 1 unspecified atom stereocenters. The molecule has 0 saturated carbocycles. The van der Waals surface area contributed by atoms with Gasteiger partial charge in [0, 0.05) is 24.3 Å². The molecule has 1 heterocycles. The number of nitrogens with zero attached hydrogens (tertiary/aromatic N) is 1. The lowest BCUT2D eigenvalue weighted by Crippen LogP contribution is -2.17. The molecule has 0 bridgehead atoms. The monoisotopic (exact) mass is 217 g/mol. The first kappa shape index (κ1) is 10.7. The fraction of sp³-hybridized carbons (Fsp3) is 0.250. The molecule has 1 aromatic carbocycles. The first-order valence-corrected chi connectivity index (χ1v) is 5.25. The van der Waals surface area contributed by atoms with Crippen molar-refractivity contribution in [3.63, 3.8) is 0 Å². The number of hydrogen-bond acceptors (Lipinski definition) is 3. The van der Waals surface area contributed by atoms with E-state index in [1.54, 1.807) is 12.1 Å². The Morgan fingerprint density at radius 2 is 2.12 bits per heavy atom. The zero-order valence-corrected chi connectivity index (χ0v) is 9.14. The minimum absolute atomic E-state index is 0.257. The van der Waals surface area contributed by atoms with E-state index in [0.717, 1.165) is 17.7 Å². The number of benzene rings is 1. The van der Waals surface area contributed by atoms with E-state index >= 15 is 0 Å². The lowest BCUT2D eigenvalue weighted by molar-refractivity contribution is 0.474. The van der Waals surface area contributed by atoms with Gasteiger partial charge in [-0.3, -0.25) is 5.10 Å². The standard InChI is InChI=1S/C12H15N3O/c1-9(11-7-14-15-8-11)13-6-10-2-4-12(16)5-3-10/h2-5,7-9,13,16H,6H2,1H3,(H,14,15). The molecule has 0 spiro atoms. The summed E-state index contributed by atoms with van der Waals surface area (Å²) in [5, 5.41) is 19.2. The molecule has 3 N–H and O–H groups in total. The average molecular weight is 217 g/mol. The molecule has 84 valence electrons. The van der Waals surface area contributed by atoms with Gasteiger partial charge in [0.1, 0.15) is 5.75 Å². The molecule has 1 aromatic heterocycles. The smallest absolute Gasteiger partial charge is 0.115 e. The highest BCUT2D eigenvalue weighted by molar-refractivity contribution is 5.25. The Bertz CT molecular complexity index is 422. The SMILES string of the molecule is CC(NCc1ccc(O)cc1)c1cn[nH]c1. The third-order valence-corrected chi connectivity index (χ3v) is 2.57. The van der Waals surface area contributed by atoms with Crippen LogP contribution in [0, 0.1) is 0 Å². The molecule has 16 heavy (non-hydrogen) atoms. The lowest BCUT2D eigenvalue weighted by atomic mass is 10.1. The molecule has 4 nitrogen and oxygen atoms in total. The first-order chi connectivity index (χ1) is 7.75. The summed E-state index contributed by atoms with van der Waals surface area (Å²) in [5.41, 5.74) is 2.28. The van der Waals surface area contributed by atoms with Gasteiger partial charge < -0.3 is 10.4 Å². The van der Waals surface area contributed by atoms with Crippen molar-refractivity contribution in [2.24, 2.45) is 0 Å². The van der Waals surface area contributed by atoms with Gasteiger partial charge >= 0.3 is 0 Å². The van der Waals surface area contributed by atoms with Gasteiger partial charge in [-0.1, -0.05) is 12.1 Å². The van der Waals surface area contributed by atoms with E-state index in [-0.39, 0.29) is 6.04 Å². The highest BCUT2D eigenvalue weighted by Gasteiger charge is 2.05. The van der Waals surface area contributed by atoms with Crippen LogP contribution in [0.2, 0.25) is 0 Å². The van der Waals surface area contributed by atoms with E-state index < -0.39 is 0 Å². The Kier molecular flexibility index (Phi) is 3.22. The average Bonchev–Trinajstić information content (AvgIpc) is 2.81. The third-order valence-electron chi connectivity index (χ3n) is 2.57. The summed E-state index contributed by atoms with van der Waals surface area (Å²) >= 11 is 0. The molecule has 1 atom stereocenters. The first-order valence-electron chi connectivity index (χ1n) is 5.25. The third kappa shape index (κ3) is 2.61. The summed E-state index contributed by atoms with van der Waals surface area (Å²) in [6, 6.07) is 7.46. The Balaban J connectivity index is 1.90. The van der Waals surface area contributed by atoms with Gasteiger partial charge in [-0.05, 0) is 24.6 Å². The summed E-state index contributed by atoms with van der Waals surface area (Å²) in [6.07, 6.45) is 3.70. The minimum Gasteiger partial charge on any atom is -0.508 e. The number of rotatable bonds is 4. The highest BCUT2D eigenvalue weighted by atomic mass is 16.3. The van der Waals surface area contributed by atoms with Gasteiger partial charge in [-0.25, -0.2) is 0 Å². The molecule has 0 aliphatic rings. The summed E-state index contributed by atoms with van der Waals surface area (Å²) in [5.74, 6) is 0.298. The summed E-state index contributed by atoms with van der Waals surface area (Å²) < 4.78 is 0. The van der Waals surface area contributed by atoms with Crippen LogP contribution in [0.3, 0.4) is 0 Å². The molecule has 0 aliphatic carbocycles. The van der Waals surface area contributed by atoms with Crippen LogP contribution in [-0.2, 0) is 6.54 Å². The van der Waals surface area contributed by atoms with Crippen LogP contribution >= 0.6 is 0 Å². The van der Waals surface area contributed by atoms with Gasteiger partial charge in [0.25, 0.3) is 0 Å². The fourth-order valence-electron chi connectivity index (χ4n) is 1.50. The Labute approximate surface area is 94.3 Å². The van der Waals surface area contributed by atoms with Crippen molar-refractivity contribution in [3.8, 4) is 5.75 Å². The van der Waals surface area contributed by atoms with Crippen molar-refractivity contribution in [2.45, 2.75) is 19.5 Å². The number of aromatic hydroxyl groups is 1. The summed E-state index contributed by atoms with van der Waals surface area (Å²) in [6.45, 7) is 2.86. The second kappa shape index (κ2) is 4.81. The van der Waals surface area contributed by atoms with Crippen molar-refractivity contribution < 1.29 is 5.11 Å². The largest absolute Gasteiger partial charge is 0.508 e. The van der Waals surface area contributed by atoms with E-state index in [4.69, 9.17) is 5.11 Å². The molecule has 0 saturated heterocycles. The minimum atomic E-state index is 0.257. The number of aromatic amines is 1. The van der Waals surface area contributed by atoms with Gasteiger partial charge in [0.05, 0.1) is 6.20 Å². The van der Waals surface area contributed by atoms with Crippen LogP contribution in [0.25, 0.3) is 0 Å². The van der Waals surface area contributed by atoms with Crippen molar-refractivity contribution >= 4 is 0 Å². The quantitative estimate of drug-likeness (QED) is 0.733. The van der Waals surface area contributed by atoms with E-state index in [1.807, 2.05) is 24.5 Å². The van der Waals surface area contributed by atoms with E-state index in [2.05, 4.69) is 22.4 Å². The number of hydrogen-bond donors (Lipinski definition) is 3. The molecular formula is C12H15N3O. The Morgan fingerprint density at radius 1 is 1.38 bits per heavy atom. The van der Waals surface area contributed by atoms with Crippen LogP contribution in [0.4, 0.5) is 0 Å². The number of phenolic OH excluding ortho intramolecular Hbond substituents is 1. The second-order valence-corrected chi connectivity index (χ2v) is 3.80. The van der Waals surface area contributed by atoms with Crippen LogP contribution in [0.5, 0.6) is 5.75 Å². The Morgan fingerprint density at radius 3 is 2.75 bits per heavy atom. The van der Waals surface area contributed by atoms with Crippen molar-refractivity contribution in [1.29, 1.82) is 0 Å². The lowest BCUT2D eigenvalue weighted by Gasteiger charge is -2.11. The molecule has 0 fully saturated rings. The molecule has 2 rings (SSSR count). The van der Waals surface area contributed by atoms with Gasteiger partial charge in [0.2, 0.25) is 0 Å². The van der Waals surface area contributed by atoms with Gasteiger partial charge in [-0.15, -0.1) is 0 Å². The number of H-pyrrole nitrogens is 1. The molecular weight excluding hydrogens is 202 g/mol.